The van der Waals surface area contributed by atoms with Crippen LogP contribution in [-0.4, -0.2) is 39.8 Å². The summed E-state index contributed by atoms with van der Waals surface area (Å²) in [5.41, 5.74) is 1.43. The van der Waals surface area contributed by atoms with Gasteiger partial charge in [-0.15, -0.1) is 0 Å². The van der Waals surface area contributed by atoms with Crippen LogP contribution < -0.4 is 10.2 Å². The minimum atomic E-state index is -0.0807. The molecular formula is C14H16BrN5O. The minimum absolute atomic E-state index is 0.0807. The van der Waals surface area contributed by atoms with Crippen LogP contribution in [-0.2, 0) is 7.05 Å². The summed E-state index contributed by atoms with van der Waals surface area (Å²) in [7, 11) is 1.78. The Morgan fingerprint density at radius 1 is 1.48 bits per heavy atom. The fourth-order valence-electron chi connectivity index (χ4n) is 2.44. The van der Waals surface area contributed by atoms with Gasteiger partial charge in [0.2, 0.25) is 0 Å². The van der Waals surface area contributed by atoms with Crippen molar-refractivity contribution in [3.05, 3.63) is 40.3 Å². The minimum Gasteiger partial charge on any atom is -0.351 e. The van der Waals surface area contributed by atoms with E-state index in [1.807, 2.05) is 19.1 Å². The molecule has 1 aliphatic heterocycles. The normalized spacial score (nSPS) is 14.9. The molecule has 21 heavy (non-hydrogen) atoms. The molecule has 0 saturated carbocycles. The van der Waals surface area contributed by atoms with E-state index in [0.717, 1.165) is 29.1 Å². The number of amides is 1. The van der Waals surface area contributed by atoms with Crippen LogP contribution in [0.1, 0.15) is 16.2 Å². The highest BCUT2D eigenvalue weighted by molar-refractivity contribution is 9.10. The standard InChI is InChI=1S/C14H16BrN5O/c1-9-6-12(19(2)18-9)14(21)17-10-7-20(8-10)13-11(15)4-3-5-16-13/h3-6,10H,7-8H2,1-2H3,(H,17,21). The Hall–Kier alpha value is -1.89. The van der Waals surface area contributed by atoms with Crippen LogP contribution in [0.3, 0.4) is 0 Å². The van der Waals surface area contributed by atoms with Crippen molar-refractivity contribution < 1.29 is 4.79 Å². The van der Waals surface area contributed by atoms with Gasteiger partial charge in [-0.1, -0.05) is 0 Å². The number of nitrogens with zero attached hydrogens (tertiary/aromatic N) is 4. The Labute approximate surface area is 131 Å². The number of hydrogen-bond acceptors (Lipinski definition) is 4. The maximum absolute atomic E-state index is 12.2. The molecular weight excluding hydrogens is 334 g/mol. The highest BCUT2D eigenvalue weighted by atomic mass is 79.9. The Balaban J connectivity index is 1.59. The van der Waals surface area contributed by atoms with Crippen LogP contribution in [0.15, 0.2) is 28.9 Å². The molecule has 3 heterocycles. The molecule has 1 amide bonds. The number of anilines is 1. The van der Waals surface area contributed by atoms with E-state index in [4.69, 9.17) is 0 Å². The number of aryl methyl sites for hydroxylation is 2. The molecule has 7 heteroatoms. The van der Waals surface area contributed by atoms with Gasteiger partial charge in [0.05, 0.1) is 16.2 Å². The molecule has 0 spiro atoms. The molecule has 2 aromatic heterocycles. The highest BCUT2D eigenvalue weighted by Gasteiger charge is 2.30. The molecule has 0 unspecified atom stereocenters. The van der Waals surface area contributed by atoms with Gasteiger partial charge in [0.15, 0.2) is 0 Å². The second-order valence-electron chi connectivity index (χ2n) is 5.18. The lowest BCUT2D eigenvalue weighted by molar-refractivity contribution is 0.0920. The SMILES string of the molecule is Cc1cc(C(=O)NC2CN(c3ncccc3Br)C2)n(C)n1. The van der Waals surface area contributed by atoms with Crippen molar-refractivity contribution in [2.24, 2.45) is 7.05 Å². The number of nitrogens with one attached hydrogen (secondary N) is 1. The van der Waals surface area contributed by atoms with Gasteiger partial charge in [0.25, 0.3) is 5.91 Å². The lowest BCUT2D eigenvalue weighted by Gasteiger charge is -2.40. The van der Waals surface area contributed by atoms with E-state index in [1.165, 1.54) is 0 Å². The number of carbonyl (C=O) groups is 1. The average molecular weight is 350 g/mol. The summed E-state index contributed by atoms with van der Waals surface area (Å²) in [4.78, 5) is 18.6. The Bertz CT molecular complexity index is 678. The van der Waals surface area contributed by atoms with Crippen LogP contribution in [0.25, 0.3) is 0 Å². The number of rotatable bonds is 3. The van der Waals surface area contributed by atoms with Crippen molar-refractivity contribution in [2.45, 2.75) is 13.0 Å². The fraction of sp³-hybridized carbons (Fsp3) is 0.357. The zero-order valence-electron chi connectivity index (χ0n) is 11.9. The molecule has 3 rings (SSSR count). The summed E-state index contributed by atoms with van der Waals surface area (Å²) in [6.45, 7) is 3.40. The van der Waals surface area contributed by atoms with Gasteiger partial charge in [-0.25, -0.2) is 4.98 Å². The summed E-state index contributed by atoms with van der Waals surface area (Å²) in [6, 6.07) is 5.78. The number of hydrogen-bond donors (Lipinski definition) is 1. The highest BCUT2D eigenvalue weighted by Crippen LogP contribution is 2.26. The molecule has 1 saturated heterocycles. The lowest BCUT2D eigenvalue weighted by atomic mass is 10.1. The van der Waals surface area contributed by atoms with Crippen molar-refractivity contribution >= 4 is 27.7 Å². The van der Waals surface area contributed by atoms with Crippen LogP contribution >= 0.6 is 15.9 Å². The molecule has 2 aromatic rings. The molecule has 0 aliphatic carbocycles. The van der Waals surface area contributed by atoms with Crippen LogP contribution in [0, 0.1) is 6.92 Å². The number of halogens is 1. The summed E-state index contributed by atoms with van der Waals surface area (Å²) in [6.07, 6.45) is 1.77. The zero-order chi connectivity index (χ0) is 15.0. The van der Waals surface area contributed by atoms with Crippen LogP contribution in [0.5, 0.6) is 0 Å². The van der Waals surface area contributed by atoms with E-state index in [-0.39, 0.29) is 11.9 Å². The first-order chi connectivity index (χ1) is 10.0. The zero-order valence-corrected chi connectivity index (χ0v) is 13.5. The fourth-order valence-corrected chi connectivity index (χ4v) is 2.94. The molecule has 1 aliphatic rings. The van der Waals surface area contributed by atoms with Gasteiger partial charge < -0.3 is 10.2 Å². The van der Waals surface area contributed by atoms with E-state index in [1.54, 1.807) is 24.0 Å². The second-order valence-corrected chi connectivity index (χ2v) is 6.03. The van der Waals surface area contributed by atoms with Crippen LogP contribution in [0.2, 0.25) is 0 Å². The van der Waals surface area contributed by atoms with Gasteiger partial charge in [-0.3, -0.25) is 9.48 Å². The Morgan fingerprint density at radius 3 is 2.86 bits per heavy atom. The first-order valence-electron chi connectivity index (χ1n) is 6.71. The lowest BCUT2D eigenvalue weighted by Crippen LogP contribution is -2.60. The summed E-state index contributed by atoms with van der Waals surface area (Å²) in [5, 5.41) is 7.21. The second kappa shape index (κ2) is 5.48. The van der Waals surface area contributed by atoms with Crippen molar-refractivity contribution in [1.29, 1.82) is 0 Å². The number of pyridine rings is 1. The smallest absolute Gasteiger partial charge is 0.269 e. The van der Waals surface area contributed by atoms with Gasteiger partial charge in [-0.05, 0) is 41.1 Å². The predicted molar refractivity (Wildman–Crippen MR) is 83.3 cm³/mol. The van der Waals surface area contributed by atoms with E-state index in [2.05, 4.69) is 36.2 Å². The maximum atomic E-state index is 12.2. The van der Waals surface area contributed by atoms with Crippen LogP contribution in [0.4, 0.5) is 5.82 Å². The third-order valence-corrected chi connectivity index (χ3v) is 4.11. The summed E-state index contributed by atoms with van der Waals surface area (Å²) >= 11 is 3.49. The summed E-state index contributed by atoms with van der Waals surface area (Å²) < 4.78 is 2.58. The van der Waals surface area contributed by atoms with E-state index < -0.39 is 0 Å². The molecule has 1 fully saturated rings. The van der Waals surface area contributed by atoms with Crippen molar-refractivity contribution in [3.8, 4) is 0 Å². The third-order valence-electron chi connectivity index (χ3n) is 3.49. The molecule has 0 atom stereocenters. The average Bonchev–Trinajstić information content (AvgIpc) is 2.73. The molecule has 110 valence electrons. The quantitative estimate of drug-likeness (QED) is 0.912. The topological polar surface area (TPSA) is 63.1 Å². The monoisotopic (exact) mass is 349 g/mol. The molecule has 0 bridgehead atoms. The number of carbonyl (C=O) groups excluding carboxylic acids is 1. The van der Waals surface area contributed by atoms with Gasteiger partial charge in [-0.2, -0.15) is 5.10 Å². The van der Waals surface area contributed by atoms with E-state index >= 15 is 0 Å². The van der Waals surface area contributed by atoms with Gasteiger partial charge in [0, 0.05) is 26.3 Å². The first kappa shape index (κ1) is 14.1. The van der Waals surface area contributed by atoms with E-state index in [0.29, 0.717) is 5.69 Å². The molecule has 0 aromatic carbocycles. The van der Waals surface area contributed by atoms with Crippen molar-refractivity contribution in [1.82, 2.24) is 20.1 Å². The number of aromatic nitrogens is 3. The molecule has 1 N–H and O–H groups in total. The van der Waals surface area contributed by atoms with Crippen molar-refractivity contribution in [2.75, 3.05) is 18.0 Å². The van der Waals surface area contributed by atoms with Crippen molar-refractivity contribution in [3.63, 3.8) is 0 Å². The van der Waals surface area contributed by atoms with Gasteiger partial charge >= 0.3 is 0 Å². The van der Waals surface area contributed by atoms with Gasteiger partial charge in [0.1, 0.15) is 11.5 Å². The Morgan fingerprint density at radius 2 is 2.24 bits per heavy atom. The molecule has 6 nitrogen and oxygen atoms in total. The largest absolute Gasteiger partial charge is 0.351 e. The first-order valence-corrected chi connectivity index (χ1v) is 7.51. The maximum Gasteiger partial charge on any atom is 0.269 e. The Kier molecular flexibility index (Phi) is 3.67. The summed E-state index contributed by atoms with van der Waals surface area (Å²) in [5.74, 6) is 0.835. The molecule has 0 radical (unpaired) electrons. The predicted octanol–water partition coefficient (Wildman–Crippen LogP) is 1.50. The third kappa shape index (κ3) is 2.78. The van der Waals surface area contributed by atoms with E-state index in [9.17, 15) is 4.79 Å².